The molecule has 0 radical (unpaired) electrons. The van der Waals surface area contributed by atoms with Gasteiger partial charge in [-0.2, -0.15) is 0 Å². The van der Waals surface area contributed by atoms with E-state index in [0.717, 1.165) is 6.54 Å². The Balaban J connectivity index is 2.68. The standard InChI is InChI=1S/C15H24IN/c1-5-17-14(10-11-15(2,3)4)12-6-8-13(16)9-7-12/h6-9,14,17H,5,10-11H2,1-4H3. The Morgan fingerprint density at radius 3 is 2.24 bits per heavy atom. The van der Waals surface area contributed by atoms with E-state index in [1.165, 1.54) is 22.0 Å². The maximum absolute atomic E-state index is 3.59. The first-order valence-corrected chi connectivity index (χ1v) is 7.49. The van der Waals surface area contributed by atoms with E-state index in [-0.39, 0.29) is 0 Å². The van der Waals surface area contributed by atoms with E-state index in [1.807, 2.05) is 0 Å². The van der Waals surface area contributed by atoms with Gasteiger partial charge in [0.1, 0.15) is 0 Å². The normalized spacial score (nSPS) is 13.7. The summed E-state index contributed by atoms with van der Waals surface area (Å²) in [5.74, 6) is 0. The summed E-state index contributed by atoms with van der Waals surface area (Å²) in [7, 11) is 0. The highest BCUT2D eigenvalue weighted by molar-refractivity contribution is 14.1. The fourth-order valence-electron chi connectivity index (χ4n) is 1.91. The summed E-state index contributed by atoms with van der Waals surface area (Å²) in [6.45, 7) is 10.1. The number of halogens is 1. The Morgan fingerprint density at radius 1 is 1.18 bits per heavy atom. The van der Waals surface area contributed by atoms with Crippen LogP contribution in [-0.2, 0) is 0 Å². The van der Waals surface area contributed by atoms with Crippen molar-refractivity contribution < 1.29 is 0 Å². The lowest BCUT2D eigenvalue weighted by molar-refractivity contribution is 0.334. The molecule has 2 heteroatoms. The Bertz CT molecular complexity index is 324. The molecule has 96 valence electrons. The summed E-state index contributed by atoms with van der Waals surface area (Å²) < 4.78 is 1.30. The van der Waals surface area contributed by atoms with Crippen molar-refractivity contribution >= 4 is 22.6 Å². The van der Waals surface area contributed by atoms with Crippen LogP contribution >= 0.6 is 22.6 Å². The molecule has 0 heterocycles. The molecule has 0 aliphatic heterocycles. The Labute approximate surface area is 120 Å². The number of benzene rings is 1. The van der Waals surface area contributed by atoms with Gasteiger partial charge in [0.2, 0.25) is 0 Å². The minimum Gasteiger partial charge on any atom is -0.310 e. The average Bonchev–Trinajstić information content (AvgIpc) is 2.24. The fourth-order valence-corrected chi connectivity index (χ4v) is 2.27. The molecule has 1 aromatic rings. The summed E-state index contributed by atoms with van der Waals surface area (Å²) >= 11 is 2.36. The zero-order valence-corrected chi connectivity index (χ0v) is 13.5. The largest absolute Gasteiger partial charge is 0.310 e. The van der Waals surface area contributed by atoms with Crippen LogP contribution in [0.5, 0.6) is 0 Å². The van der Waals surface area contributed by atoms with Crippen molar-refractivity contribution in [2.75, 3.05) is 6.54 Å². The van der Waals surface area contributed by atoms with Gasteiger partial charge in [0.05, 0.1) is 0 Å². The maximum Gasteiger partial charge on any atom is 0.0320 e. The minimum atomic E-state index is 0.414. The molecule has 1 unspecified atom stereocenters. The van der Waals surface area contributed by atoms with Crippen LogP contribution < -0.4 is 5.32 Å². The van der Waals surface area contributed by atoms with E-state index in [2.05, 4.69) is 79.9 Å². The molecule has 1 N–H and O–H groups in total. The molecule has 0 bridgehead atoms. The highest BCUT2D eigenvalue weighted by Gasteiger charge is 2.15. The lowest BCUT2D eigenvalue weighted by Gasteiger charge is -2.24. The number of hydrogen-bond donors (Lipinski definition) is 1. The first-order chi connectivity index (χ1) is 7.92. The van der Waals surface area contributed by atoms with Crippen molar-refractivity contribution in [2.24, 2.45) is 5.41 Å². The summed E-state index contributed by atoms with van der Waals surface area (Å²) in [5, 5.41) is 3.59. The highest BCUT2D eigenvalue weighted by Crippen LogP contribution is 2.27. The number of hydrogen-bond acceptors (Lipinski definition) is 1. The van der Waals surface area contributed by atoms with E-state index in [4.69, 9.17) is 0 Å². The van der Waals surface area contributed by atoms with Crippen LogP contribution in [0.25, 0.3) is 0 Å². The van der Waals surface area contributed by atoms with Crippen LogP contribution in [0, 0.1) is 8.99 Å². The average molecular weight is 345 g/mol. The first-order valence-electron chi connectivity index (χ1n) is 6.41. The van der Waals surface area contributed by atoms with Crippen molar-refractivity contribution in [3.63, 3.8) is 0 Å². The molecule has 0 aromatic heterocycles. The second-order valence-corrected chi connectivity index (χ2v) is 7.01. The van der Waals surface area contributed by atoms with Gasteiger partial charge < -0.3 is 5.32 Å². The zero-order chi connectivity index (χ0) is 12.9. The van der Waals surface area contributed by atoms with Crippen molar-refractivity contribution in [1.29, 1.82) is 0 Å². The van der Waals surface area contributed by atoms with Crippen molar-refractivity contribution in [3.05, 3.63) is 33.4 Å². The number of rotatable bonds is 5. The van der Waals surface area contributed by atoms with Crippen LogP contribution in [0.4, 0.5) is 0 Å². The van der Waals surface area contributed by atoms with E-state index in [1.54, 1.807) is 0 Å². The van der Waals surface area contributed by atoms with Crippen molar-refractivity contribution in [2.45, 2.75) is 46.6 Å². The molecular weight excluding hydrogens is 321 g/mol. The SMILES string of the molecule is CCNC(CCC(C)(C)C)c1ccc(I)cc1. The third-order valence-electron chi connectivity index (χ3n) is 2.91. The Hall–Kier alpha value is -0.0900. The molecule has 0 saturated heterocycles. The molecular formula is C15H24IN. The van der Waals surface area contributed by atoms with Gasteiger partial charge in [-0.15, -0.1) is 0 Å². The second-order valence-electron chi connectivity index (χ2n) is 5.76. The van der Waals surface area contributed by atoms with Crippen molar-refractivity contribution in [1.82, 2.24) is 5.32 Å². The van der Waals surface area contributed by atoms with E-state index in [9.17, 15) is 0 Å². The fraction of sp³-hybridized carbons (Fsp3) is 0.600. The first kappa shape index (κ1) is 15.0. The van der Waals surface area contributed by atoms with Gasteiger partial charge in [-0.05, 0) is 65.1 Å². The lowest BCUT2D eigenvalue weighted by atomic mass is 9.87. The summed E-state index contributed by atoms with van der Waals surface area (Å²) in [5.41, 5.74) is 1.83. The molecule has 0 aliphatic rings. The summed E-state index contributed by atoms with van der Waals surface area (Å²) in [6.07, 6.45) is 2.45. The molecule has 0 spiro atoms. The maximum atomic E-state index is 3.59. The van der Waals surface area contributed by atoms with Crippen LogP contribution in [0.15, 0.2) is 24.3 Å². The topological polar surface area (TPSA) is 12.0 Å². The predicted octanol–water partition coefficient (Wildman–Crippen LogP) is 4.77. The van der Waals surface area contributed by atoms with Gasteiger partial charge >= 0.3 is 0 Å². The van der Waals surface area contributed by atoms with Gasteiger partial charge in [0.25, 0.3) is 0 Å². The highest BCUT2D eigenvalue weighted by atomic mass is 127. The smallest absolute Gasteiger partial charge is 0.0320 e. The minimum absolute atomic E-state index is 0.414. The number of nitrogens with one attached hydrogen (secondary N) is 1. The quantitative estimate of drug-likeness (QED) is 0.758. The monoisotopic (exact) mass is 345 g/mol. The van der Waals surface area contributed by atoms with Gasteiger partial charge in [0, 0.05) is 9.61 Å². The van der Waals surface area contributed by atoms with Gasteiger partial charge in [-0.25, -0.2) is 0 Å². The molecule has 0 saturated carbocycles. The van der Waals surface area contributed by atoms with Crippen LogP contribution in [0.2, 0.25) is 0 Å². The van der Waals surface area contributed by atoms with Crippen LogP contribution in [0.1, 0.15) is 52.1 Å². The Morgan fingerprint density at radius 2 is 1.76 bits per heavy atom. The van der Waals surface area contributed by atoms with Crippen LogP contribution in [-0.4, -0.2) is 6.54 Å². The zero-order valence-electron chi connectivity index (χ0n) is 11.4. The summed E-state index contributed by atoms with van der Waals surface area (Å²) in [6, 6.07) is 9.38. The van der Waals surface area contributed by atoms with E-state index < -0.39 is 0 Å². The summed E-state index contributed by atoms with van der Waals surface area (Å²) in [4.78, 5) is 0. The third-order valence-corrected chi connectivity index (χ3v) is 3.63. The van der Waals surface area contributed by atoms with Gasteiger partial charge in [-0.1, -0.05) is 39.8 Å². The van der Waals surface area contributed by atoms with Crippen molar-refractivity contribution in [3.8, 4) is 0 Å². The van der Waals surface area contributed by atoms with Crippen LogP contribution in [0.3, 0.4) is 0 Å². The van der Waals surface area contributed by atoms with E-state index >= 15 is 0 Å². The molecule has 0 fully saturated rings. The molecule has 1 aromatic carbocycles. The molecule has 1 rings (SSSR count). The lowest BCUT2D eigenvalue weighted by Crippen LogP contribution is -2.22. The molecule has 1 nitrogen and oxygen atoms in total. The third kappa shape index (κ3) is 5.87. The van der Waals surface area contributed by atoms with E-state index in [0.29, 0.717) is 11.5 Å². The molecule has 17 heavy (non-hydrogen) atoms. The Kier molecular flexibility index (Phi) is 5.93. The molecule has 0 amide bonds. The predicted molar refractivity (Wildman–Crippen MR) is 84.3 cm³/mol. The molecule has 1 atom stereocenters. The second kappa shape index (κ2) is 6.74. The van der Waals surface area contributed by atoms with Gasteiger partial charge in [-0.3, -0.25) is 0 Å². The van der Waals surface area contributed by atoms with Gasteiger partial charge in [0.15, 0.2) is 0 Å². The molecule has 0 aliphatic carbocycles.